The van der Waals surface area contributed by atoms with Crippen molar-refractivity contribution >= 4 is 28.0 Å². The molecule has 0 atom stereocenters. The summed E-state index contributed by atoms with van der Waals surface area (Å²) < 4.78 is 7.46. The molecule has 10 heteroatoms. The van der Waals surface area contributed by atoms with Gasteiger partial charge in [0.05, 0.1) is 22.5 Å². The largest absolute Gasteiger partial charge is 0.437 e. The van der Waals surface area contributed by atoms with Gasteiger partial charge in [-0.25, -0.2) is 9.48 Å². The van der Waals surface area contributed by atoms with Gasteiger partial charge in [0.1, 0.15) is 6.54 Å². The smallest absolute Gasteiger partial charge is 0.387 e. The summed E-state index contributed by atoms with van der Waals surface area (Å²) in [5, 5.41) is 14.3. The first-order valence-electron chi connectivity index (χ1n) is 9.44. The average molecular weight is 425 g/mol. The third-order valence-corrected chi connectivity index (χ3v) is 5.41. The molecular formula is C20H19N5O4S. The number of rotatable bonds is 7. The zero-order valence-corrected chi connectivity index (χ0v) is 17.0. The van der Waals surface area contributed by atoms with Crippen LogP contribution in [0.3, 0.4) is 0 Å². The molecule has 0 aliphatic rings. The van der Waals surface area contributed by atoms with Crippen LogP contribution in [0.1, 0.15) is 12.6 Å². The highest BCUT2D eigenvalue weighted by Crippen LogP contribution is 2.20. The lowest BCUT2D eigenvalue weighted by Gasteiger charge is -2.10. The molecule has 1 aromatic carbocycles. The van der Waals surface area contributed by atoms with Gasteiger partial charge in [0.15, 0.2) is 0 Å². The molecule has 0 saturated carbocycles. The van der Waals surface area contributed by atoms with Crippen molar-refractivity contribution in [1.29, 1.82) is 0 Å². The molecular weight excluding hydrogens is 406 g/mol. The van der Waals surface area contributed by atoms with Gasteiger partial charge >= 0.3 is 5.76 Å². The van der Waals surface area contributed by atoms with Gasteiger partial charge in [0.25, 0.3) is 11.4 Å². The van der Waals surface area contributed by atoms with Crippen molar-refractivity contribution in [2.45, 2.75) is 26.4 Å². The van der Waals surface area contributed by atoms with Gasteiger partial charge in [0, 0.05) is 11.9 Å². The number of hydrogen-bond donors (Lipinski definition) is 1. The highest BCUT2D eigenvalue weighted by atomic mass is 32.1. The number of aromatic nitrogens is 4. The Kier molecular flexibility index (Phi) is 5.57. The molecule has 3 heterocycles. The molecule has 0 bridgehead atoms. The van der Waals surface area contributed by atoms with Crippen LogP contribution in [0, 0.1) is 0 Å². The first-order chi connectivity index (χ1) is 14.6. The van der Waals surface area contributed by atoms with Crippen molar-refractivity contribution in [2.24, 2.45) is 0 Å². The molecule has 3 aromatic heterocycles. The summed E-state index contributed by atoms with van der Waals surface area (Å²) in [6.07, 6.45) is 0.643. The number of thiophene rings is 1. The summed E-state index contributed by atoms with van der Waals surface area (Å²) in [6, 6.07) is 10.9. The number of aryl methyl sites for hydroxylation is 1. The highest BCUT2D eigenvalue weighted by Gasteiger charge is 2.13. The molecule has 0 saturated heterocycles. The Hall–Kier alpha value is -3.53. The van der Waals surface area contributed by atoms with E-state index in [1.807, 2.05) is 30.5 Å². The molecule has 0 radical (unpaired) electrons. The van der Waals surface area contributed by atoms with Gasteiger partial charge < -0.3 is 9.73 Å². The molecule has 0 aliphatic heterocycles. The number of carbonyl (C=O) groups is 1. The van der Waals surface area contributed by atoms with Crippen molar-refractivity contribution in [2.75, 3.05) is 6.54 Å². The Bertz CT molecular complexity index is 1300. The molecule has 1 amide bonds. The van der Waals surface area contributed by atoms with Gasteiger partial charge in [-0.1, -0.05) is 31.2 Å². The van der Waals surface area contributed by atoms with Crippen molar-refractivity contribution in [3.8, 4) is 10.8 Å². The monoisotopic (exact) mass is 425 g/mol. The van der Waals surface area contributed by atoms with Crippen LogP contribution in [0.25, 0.3) is 21.5 Å². The Morgan fingerprint density at radius 3 is 2.63 bits per heavy atom. The van der Waals surface area contributed by atoms with E-state index in [4.69, 9.17) is 4.42 Å². The number of amides is 1. The molecule has 0 fully saturated rings. The third kappa shape index (κ3) is 3.94. The van der Waals surface area contributed by atoms with Gasteiger partial charge in [-0.15, -0.1) is 16.4 Å². The summed E-state index contributed by atoms with van der Waals surface area (Å²) >= 11 is 1.42. The Balaban J connectivity index is 1.42. The van der Waals surface area contributed by atoms with Crippen LogP contribution in [-0.4, -0.2) is 32.0 Å². The van der Waals surface area contributed by atoms with E-state index in [0.717, 1.165) is 20.6 Å². The van der Waals surface area contributed by atoms with Gasteiger partial charge in [-0.3, -0.25) is 9.59 Å². The zero-order valence-electron chi connectivity index (χ0n) is 16.2. The minimum atomic E-state index is -0.590. The van der Waals surface area contributed by atoms with E-state index in [1.54, 1.807) is 18.2 Å². The maximum atomic E-state index is 12.6. The Labute approximate surface area is 174 Å². The van der Waals surface area contributed by atoms with Crippen LogP contribution in [0.2, 0.25) is 0 Å². The van der Waals surface area contributed by atoms with E-state index in [1.165, 1.54) is 16.0 Å². The van der Waals surface area contributed by atoms with Crippen molar-refractivity contribution < 1.29 is 9.21 Å². The van der Waals surface area contributed by atoms with Crippen LogP contribution >= 0.6 is 11.3 Å². The number of nitrogens with zero attached hydrogens (tertiary/aromatic N) is 4. The Morgan fingerprint density at radius 2 is 1.90 bits per heavy atom. The summed E-state index contributed by atoms with van der Waals surface area (Å²) in [5.41, 5.74) is 0.444. The van der Waals surface area contributed by atoms with Crippen LogP contribution < -0.4 is 16.6 Å². The molecule has 9 nitrogen and oxygen atoms in total. The fourth-order valence-electron chi connectivity index (χ4n) is 3.11. The topological polar surface area (TPSA) is 112 Å². The van der Waals surface area contributed by atoms with Crippen LogP contribution in [0.15, 0.2) is 55.8 Å². The molecule has 0 unspecified atom stereocenters. The summed E-state index contributed by atoms with van der Waals surface area (Å²) in [6.45, 7) is 2.06. The quantitative estimate of drug-likeness (QED) is 0.482. The summed E-state index contributed by atoms with van der Waals surface area (Å²) in [5.74, 6) is -0.718. The lowest BCUT2D eigenvalue weighted by Crippen LogP contribution is -2.36. The Morgan fingerprint density at radius 1 is 1.10 bits per heavy atom. The lowest BCUT2D eigenvalue weighted by molar-refractivity contribution is -0.121. The van der Waals surface area contributed by atoms with Crippen LogP contribution in [-0.2, 0) is 24.3 Å². The second kappa shape index (κ2) is 8.46. The number of hydrogen-bond acceptors (Lipinski definition) is 7. The zero-order chi connectivity index (χ0) is 21.1. The molecule has 30 heavy (non-hydrogen) atoms. The maximum absolute atomic E-state index is 12.6. The van der Waals surface area contributed by atoms with E-state index in [9.17, 15) is 14.4 Å². The normalized spacial score (nSPS) is 11.1. The maximum Gasteiger partial charge on any atom is 0.437 e. The fraction of sp³-hybridized carbons (Fsp3) is 0.250. The first kappa shape index (κ1) is 19.8. The third-order valence-electron chi connectivity index (χ3n) is 4.56. The molecule has 0 aliphatic carbocycles. The average Bonchev–Trinajstić information content (AvgIpc) is 3.40. The van der Waals surface area contributed by atoms with Gasteiger partial charge in [0.2, 0.25) is 5.91 Å². The van der Waals surface area contributed by atoms with Crippen molar-refractivity contribution in [1.82, 2.24) is 24.9 Å². The molecule has 4 aromatic rings. The van der Waals surface area contributed by atoms with Gasteiger partial charge in [-0.05, 0) is 23.9 Å². The summed E-state index contributed by atoms with van der Waals surface area (Å²) in [7, 11) is 0. The van der Waals surface area contributed by atoms with Gasteiger partial charge in [-0.2, -0.15) is 9.78 Å². The predicted molar refractivity (Wildman–Crippen MR) is 112 cm³/mol. The number of fused-ring (bicyclic) bond motifs is 1. The molecule has 4 rings (SSSR count). The van der Waals surface area contributed by atoms with Crippen molar-refractivity contribution in [3.63, 3.8) is 0 Å². The van der Waals surface area contributed by atoms with E-state index >= 15 is 0 Å². The first-order valence-corrected chi connectivity index (χ1v) is 10.3. The van der Waals surface area contributed by atoms with E-state index in [0.29, 0.717) is 11.8 Å². The van der Waals surface area contributed by atoms with Crippen LogP contribution in [0.4, 0.5) is 0 Å². The van der Waals surface area contributed by atoms with Crippen LogP contribution in [0.5, 0.6) is 0 Å². The van der Waals surface area contributed by atoms with E-state index in [-0.39, 0.29) is 37.0 Å². The minimum Gasteiger partial charge on any atom is -0.387 e. The number of nitrogens with one attached hydrogen (secondary N) is 1. The minimum absolute atomic E-state index is 0.152. The second-order valence-corrected chi connectivity index (χ2v) is 7.48. The van der Waals surface area contributed by atoms with E-state index < -0.39 is 5.76 Å². The SMILES string of the molecule is CCc1nn(CC(=O)NCCn2nc(-c3cccs3)oc2=O)c(=O)c2ccccc12. The molecule has 1 N–H and O–H groups in total. The second-order valence-electron chi connectivity index (χ2n) is 6.53. The number of benzene rings is 1. The molecule has 154 valence electrons. The number of carbonyl (C=O) groups excluding carboxylic acids is 1. The van der Waals surface area contributed by atoms with E-state index in [2.05, 4.69) is 15.5 Å². The predicted octanol–water partition coefficient (Wildman–Crippen LogP) is 1.65. The standard InChI is InChI=1S/C20H19N5O4S/c1-2-15-13-6-3-4-7-14(13)19(27)25(22-15)12-17(26)21-9-10-24-20(28)29-18(23-24)16-8-5-11-30-16/h3-8,11H,2,9-10,12H2,1H3,(H,21,26). The fourth-order valence-corrected chi connectivity index (χ4v) is 3.76. The van der Waals surface area contributed by atoms with Crippen molar-refractivity contribution in [3.05, 3.63) is 68.4 Å². The highest BCUT2D eigenvalue weighted by molar-refractivity contribution is 7.13. The lowest BCUT2D eigenvalue weighted by atomic mass is 10.1. The molecule has 0 spiro atoms. The summed E-state index contributed by atoms with van der Waals surface area (Å²) in [4.78, 5) is 37.6.